The highest BCUT2D eigenvalue weighted by Crippen LogP contribution is 2.23. The Bertz CT molecular complexity index is 803. The molecule has 0 fully saturated rings. The van der Waals surface area contributed by atoms with Crippen molar-refractivity contribution in [3.05, 3.63) is 66.0 Å². The highest BCUT2D eigenvalue weighted by Gasteiger charge is 2.14. The predicted molar refractivity (Wildman–Crippen MR) is 99.5 cm³/mol. The van der Waals surface area contributed by atoms with Crippen molar-refractivity contribution in [2.24, 2.45) is 0 Å². The second-order valence-corrected chi connectivity index (χ2v) is 6.78. The molecule has 1 atom stereocenters. The molecule has 0 saturated heterocycles. The van der Waals surface area contributed by atoms with E-state index in [1.807, 2.05) is 54.0 Å². The van der Waals surface area contributed by atoms with Gasteiger partial charge >= 0.3 is 0 Å². The molecule has 2 aromatic carbocycles. The summed E-state index contributed by atoms with van der Waals surface area (Å²) in [6.07, 6.45) is -0.589. The lowest BCUT2D eigenvalue weighted by Gasteiger charge is -2.13. The van der Waals surface area contributed by atoms with Crippen molar-refractivity contribution in [2.45, 2.75) is 25.1 Å². The number of aryl methyl sites for hydroxylation is 2. The van der Waals surface area contributed by atoms with Gasteiger partial charge in [-0.2, -0.15) is 0 Å². The van der Waals surface area contributed by atoms with Gasteiger partial charge in [0.1, 0.15) is 18.2 Å². The third-order valence-electron chi connectivity index (χ3n) is 3.68. The molecule has 0 spiro atoms. The number of ether oxygens (including phenoxy) is 1. The second-order valence-electron chi connectivity index (χ2n) is 5.79. The minimum absolute atomic E-state index is 0.245. The van der Waals surface area contributed by atoms with Crippen molar-refractivity contribution < 1.29 is 9.84 Å². The molecule has 0 saturated carbocycles. The fraction of sp³-hybridized carbons (Fsp3) is 0.263. The number of hydrogen-bond acceptors (Lipinski definition) is 5. The molecule has 0 aliphatic heterocycles. The summed E-state index contributed by atoms with van der Waals surface area (Å²) in [6.45, 7) is 4.22. The van der Waals surface area contributed by atoms with Crippen molar-refractivity contribution in [1.29, 1.82) is 0 Å². The molecule has 5 nitrogen and oxygen atoms in total. The lowest BCUT2D eigenvalue weighted by Crippen LogP contribution is -2.20. The van der Waals surface area contributed by atoms with Gasteiger partial charge in [0.25, 0.3) is 0 Å². The Balaban J connectivity index is 1.61. The number of para-hydroxylation sites is 1. The van der Waals surface area contributed by atoms with Gasteiger partial charge in [-0.3, -0.25) is 4.57 Å². The fourth-order valence-corrected chi connectivity index (χ4v) is 3.26. The first-order chi connectivity index (χ1) is 12.1. The molecule has 0 radical (unpaired) electrons. The highest BCUT2D eigenvalue weighted by atomic mass is 32.2. The van der Waals surface area contributed by atoms with Gasteiger partial charge in [-0.25, -0.2) is 0 Å². The van der Waals surface area contributed by atoms with Crippen molar-refractivity contribution in [3.63, 3.8) is 0 Å². The van der Waals surface area contributed by atoms with Crippen LogP contribution in [0.2, 0.25) is 0 Å². The molecule has 25 heavy (non-hydrogen) atoms. The maximum absolute atomic E-state index is 10.2. The normalized spacial score (nSPS) is 12.1. The number of aromatic nitrogens is 3. The van der Waals surface area contributed by atoms with E-state index < -0.39 is 6.10 Å². The third-order valence-corrected chi connectivity index (χ3v) is 4.75. The van der Waals surface area contributed by atoms with Gasteiger partial charge in [0.2, 0.25) is 0 Å². The number of benzene rings is 2. The number of thioether (sulfide) groups is 1. The van der Waals surface area contributed by atoms with Crippen LogP contribution in [0.3, 0.4) is 0 Å². The minimum atomic E-state index is -0.589. The van der Waals surface area contributed by atoms with Gasteiger partial charge in [0.05, 0.1) is 6.10 Å². The maximum Gasteiger partial charge on any atom is 0.195 e. The van der Waals surface area contributed by atoms with Crippen LogP contribution < -0.4 is 4.74 Å². The van der Waals surface area contributed by atoms with E-state index in [2.05, 4.69) is 29.3 Å². The van der Waals surface area contributed by atoms with Crippen molar-refractivity contribution in [3.8, 4) is 11.4 Å². The van der Waals surface area contributed by atoms with E-state index in [4.69, 9.17) is 4.74 Å². The average molecular weight is 355 g/mol. The first-order valence-corrected chi connectivity index (χ1v) is 9.10. The Morgan fingerprint density at radius 1 is 1.04 bits per heavy atom. The SMILES string of the molecule is Cc1ccc(-n2c(C)nnc2SCC(O)COc2ccccc2)cc1. The van der Waals surface area contributed by atoms with E-state index in [0.29, 0.717) is 5.75 Å². The lowest BCUT2D eigenvalue weighted by atomic mass is 10.2. The maximum atomic E-state index is 10.2. The molecule has 6 heteroatoms. The number of rotatable bonds is 7. The van der Waals surface area contributed by atoms with Crippen molar-refractivity contribution >= 4 is 11.8 Å². The first-order valence-electron chi connectivity index (χ1n) is 8.11. The molecule has 0 aliphatic rings. The summed E-state index contributed by atoms with van der Waals surface area (Å²) >= 11 is 1.47. The largest absolute Gasteiger partial charge is 0.491 e. The van der Waals surface area contributed by atoms with Gasteiger partial charge in [-0.15, -0.1) is 10.2 Å². The molecule has 1 heterocycles. The first kappa shape index (κ1) is 17.5. The summed E-state index contributed by atoms with van der Waals surface area (Å²) < 4.78 is 7.58. The molecular weight excluding hydrogens is 334 g/mol. The van der Waals surface area contributed by atoms with Crippen LogP contribution in [-0.4, -0.2) is 38.3 Å². The summed E-state index contributed by atoms with van der Waals surface area (Å²) in [5.41, 5.74) is 2.22. The minimum Gasteiger partial charge on any atom is -0.491 e. The molecule has 130 valence electrons. The standard InChI is InChI=1S/C19H21N3O2S/c1-14-8-10-16(11-9-14)22-15(2)20-21-19(22)25-13-17(23)12-24-18-6-4-3-5-7-18/h3-11,17,23H,12-13H2,1-2H3. The Morgan fingerprint density at radius 2 is 1.76 bits per heavy atom. The van der Waals surface area contributed by atoms with E-state index in [1.165, 1.54) is 17.3 Å². The van der Waals surface area contributed by atoms with Gasteiger partial charge in [-0.05, 0) is 38.1 Å². The highest BCUT2D eigenvalue weighted by molar-refractivity contribution is 7.99. The van der Waals surface area contributed by atoms with Crippen LogP contribution in [0.4, 0.5) is 0 Å². The molecular formula is C19H21N3O2S. The van der Waals surface area contributed by atoms with Gasteiger partial charge < -0.3 is 9.84 Å². The van der Waals surface area contributed by atoms with Crippen LogP contribution in [0, 0.1) is 13.8 Å². The van der Waals surface area contributed by atoms with E-state index in [0.717, 1.165) is 22.4 Å². The second kappa shape index (κ2) is 8.18. The Hall–Kier alpha value is -2.31. The molecule has 3 aromatic rings. The monoisotopic (exact) mass is 355 g/mol. The smallest absolute Gasteiger partial charge is 0.195 e. The van der Waals surface area contributed by atoms with Gasteiger partial charge in [-0.1, -0.05) is 47.7 Å². The average Bonchev–Trinajstić information content (AvgIpc) is 3.00. The van der Waals surface area contributed by atoms with Crippen LogP contribution in [0.1, 0.15) is 11.4 Å². The lowest BCUT2D eigenvalue weighted by molar-refractivity contribution is 0.126. The van der Waals surface area contributed by atoms with Crippen LogP contribution in [-0.2, 0) is 0 Å². The molecule has 1 N–H and O–H groups in total. The van der Waals surface area contributed by atoms with Crippen molar-refractivity contribution in [2.75, 3.05) is 12.4 Å². The molecule has 1 unspecified atom stereocenters. The Kier molecular flexibility index (Phi) is 5.73. The van der Waals surface area contributed by atoms with E-state index in [1.54, 1.807) is 0 Å². The Labute approximate surface area is 151 Å². The molecule has 3 rings (SSSR count). The van der Waals surface area contributed by atoms with Gasteiger partial charge in [0.15, 0.2) is 5.16 Å². The van der Waals surface area contributed by atoms with E-state index in [9.17, 15) is 5.11 Å². The summed E-state index contributed by atoms with van der Waals surface area (Å²) in [5.74, 6) is 2.06. The summed E-state index contributed by atoms with van der Waals surface area (Å²) in [7, 11) is 0. The number of nitrogens with zero attached hydrogens (tertiary/aromatic N) is 3. The molecule has 0 aliphatic carbocycles. The predicted octanol–water partition coefficient (Wildman–Crippen LogP) is 3.42. The zero-order valence-corrected chi connectivity index (χ0v) is 15.1. The van der Waals surface area contributed by atoms with Crippen LogP contribution in [0.25, 0.3) is 5.69 Å². The number of aliphatic hydroxyl groups excluding tert-OH is 1. The quantitative estimate of drug-likeness (QED) is 0.658. The number of hydrogen-bond donors (Lipinski definition) is 1. The Morgan fingerprint density at radius 3 is 2.48 bits per heavy atom. The summed E-state index contributed by atoms with van der Waals surface area (Å²) in [6, 6.07) is 17.7. The van der Waals surface area contributed by atoms with Crippen LogP contribution >= 0.6 is 11.8 Å². The number of aliphatic hydroxyl groups is 1. The van der Waals surface area contributed by atoms with E-state index >= 15 is 0 Å². The summed E-state index contributed by atoms with van der Waals surface area (Å²) in [5, 5.41) is 19.3. The summed E-state index contributed by atoms with van der Waals surface area (Å²) in [4.78, 5) is 0. The molecule has 0 amide bonds. The zero-order valence-electron chi connectivity index (χ0n) is 14.3. The van der Waals surface area contributed by atoms with Gasteiger partial charge in [0, 0.05) is 11.4 Å². The third kappa shape index (κ3) is 4.61. The van der Waals surface area contributed by atoms with E-state index in [-0.39, 0.29) is 6.61 Å². The van der Waals surface area contributed by atoms with Crippen LogP contribution in [0.15, 0.2) is 59.8 Å². The fourth-order valence-electron chi connectivity index (χ4n) is 2.36. The zero-order chi connectivity index (χ0) is 17.6. The van der Waals surface area contributed by atoms with Crippen molar-refractivity contribution in [1.82, 2.24) is 14.8 Å². The topological polar surface area (TPSA) is 60.2 Å². The molecule has 0 bridgehead atoms. The molecule has 1 aromatic heterocycles. The van der Waals surface area contributed by atoms with Crippen LogP contribution in [0.5, 0.6) is 5.75 Å².